The number of hydrogen-bond acceptors (Lipinski definition) is 6. The highest BCUT2D eigenvalue weighted by molar-refractivity contribution is 6.19. The number of benzene rings is 1. The van der Waals surface area contributed by atoms with E-state index in [0.717, 1.165) is 17.7 Å². The van der Waals surface area contributed by atoms with Crippen molar-refractivity contribution < 1.29 is 23.8 Å². The van der Waals surface area contributed by atoms with Crippen LogP contribution in [0, 0.1) is 11.3 Å². The van der Waals surface area contributed by atoms with Gasteiger partial charge in [0, 0.05) is 12.2 Å². The van der Waals surface area contributed by atoms with Gasteiger partial charge in [-0.15, -0.1) is 0 Å². The van der Waals surface area contributed by atoms with Gasteiger partial charge in [0.1, 0.15) is 11.6 Å². The molecule has 2 amide bonds. The minimum absolute atomic E-state index is 0.0238. The van der Waals surface area contributed by atoms with Crippen molar-refractivity contribution in [3.63, 3.8) is 0 Å². The fraction of sp³-hybridized carbons (Fsp3) is 0.381. The van der Waals surface area contributed by atoms with E-state index >= 15 is 0 Å². The summed E-state index contributed by atoms with van der Waals surface area (Å²) in [4.78, 5) is 26.8. The van der Waals surface area contributed by atoms with Crippen molar-refractivity contribution in [2.24, 2.45) is 0 Å². The highest BCUT2D eigenvalue weighted by Crippen LogP contribution is 2.31. The van der Waals surface area contributed by atoms with Crippen molar-refractivity contribution in [2.45, 2.75) is 25.9 Å². The van der Waals surface area contributed by atoms with E-state index in [-0.39, 0.29) is 18.2 Å². The summed E-state index contributed by atoms with van der Waals surface area (Å²) in [5, 5.41) is 9.47. The predicted octanol–water partition coefficient (Wildman–Crippen LogP) is 2.48. The molecule has 0 saturated carbocycles. The van der Waals surface area contributed by atoms with Crippen LogP contribution in [0.5, 0.6) is 11.5 Å². The van der Waals surface area contributed by atoms with Gasteiger partial charge in [-0.05, 0) is 49.1 Å². The van der Waals surface area contributed by atoms with Gasteiger partial charge in [0.2, 0.25) is 0 Å². The number of ether oxygens (including phenoxy) is 3. The third kappa shape index (κ3) is 3.64. The molecule has 0 aliphatic carbocycles. The highest BCUT2D eigenvalue weighted by Gasteiger charge is 2.37. The van der Waals surface area contributed by atoms with Crippen LogP contribution in [0.3, 0.4) is 0 Å². The summed E-state index contributed by atoms with van der Waals surface area (Å²) in [6, 6.07) is 7.19. The molecule has 1 atom stereocenters. The number of nitriles is 1. The van der Waals surface area contributed by atoms with Gasteiger partial charge < -0.3 is 14.2 Å². The molecule has 1 aromatic carbocycles. The van der Waals surface area contributed by atoms with Crippen LogP contribution in [0.4, 0.5) is 0 Å². The largest absolute Gasteiger partial charge is 0.493 e. The Morgan fingerprint density at radius 1 is 1.25 bits per heavy atom. The summed E-state index contributed by atoms with van der Waals surface area (Å²) in [5.41, 5.74) is 1.35. The molecule has 2 aliphatic rings. The van der Waals surface area contributed by atoms with Gasteiger partial charge >= 0.3 is 0 Å². The first kappa shape index (κ1) is 19.6. The standard InChI is InChI=1S/C21H22N2O5/c1-13-16(9-14-6-7-18(26-2)19(10-14)27-3)20(24)23(21(25)17(13)11-22)12-15-5-4-8-28-15/h6-7,9-10,15H,4-5,8,12H2,1-3H3. The normalized spacial score (nSPS) is 21.3. The van der Waals surface area contributed by atoms with Gasteiger partial charge in [-0.1, -0.05) is 6.07 Å². The molecule has 0 spiro atoms. The topological polar surface area (TPSA) is 88.9 Å². The van der Waals surface area contributed by atoms with Crippen molar-refractivity contribution in [1.82, 2.24) is 4.90 Å². The Morgan fingerprint density at radius 3 is 2.61 bits per heavy atom. The van der Waals surface area contributed by atoms with Crippen LogP contribution < -0.4 is 9.47 Å². The average molecular weight is 382 g/mol. The van der Waals surface area contributed by atoms with Gasteiger partial charge in [0.25, 0.3) is 11.8 Å². The summed E-state index contributed by atoms with van der Waals surface area (Å²) in [6.07, 6.45) is 3.16. The van der Waals surface area contributed by atoms with E-state index in [2.05, 4.69) is 0 Å². The number of hydrogen-bond donors (Lipinski definition) is 0. The van der Waals surface area contributed by atoms with Crippen molar-refractivity contribution in [2.75, 3.05) is 27.4 Å². The fourth-order valence-corrected chi connectivity index (χ4v) is 3.40. The molecule has 146 valence electrons. The van der Waals surface area contributed by atoms with Gasteiger partial charge in [0.15, 0.2) is 11.5 Å². The Bertz CT molecular complexity index is 904. The maximum Gasteiger partial charge on any atom is 0.271 e. The van der Waals surface area contributed by atoms with Crippen LogP contribution in [0.15, 0.2) is 34.9 Å². The van der Waals surface area contributed by atoms with Crippen LogP contribution in [0.2, 0.25) is 0 Å². The molecule has 0 aromatic heterocycles. The van der Waals surface area contributed by atoms with E-state index in [1.54, 1.807) is 38.3 Å². The quantitative estimate of drug-likeness (QED) is 0.574. The van der Waals surface area contributed by atoms with E-state index in [9.17, 15) is 14.9 Å². The molecule has 3 rings (SSSR count). The number of rotatable bonds is 5. The molecule has 0 radical (unpaired) electrons. The third-order valence-corrected chi connectivity index (χ3v) is 4.95. The van der Waals surface area contributed by atoms with Crippen molar-refractivity contribution in [3.8, 4) is 17.6 Å². The summed E-state index contributed by atoms with van der Waals surface area (Å²) in [7, 11) is 3.07. The number of carbonyl (C=O) groups excluding carboxylic acids is 2. The lowest BCUT2D eigenvalue weighted by Crippen LogP contribution is -2.46. The molecule has 1 saturated heterocycles. The monoisotopic (exact) mass is 382 g/mol. The Balaban J connectivity index is 2.01. The second-order valence-corrected chi connectivity index (χ2v) is 6.64. The maximum absolute atomic E-state index is 13.1. The average Bonchev–Trinajstić information content (AvgIpc) is 3.22. The number of nitrogens with zero attached hydrogens (tertiary/aromatic N) is 2. The summed E-state index contributed by atoms with van der Waals surface area (Å²) >= 11 is 0. The maximum atomic E-state index is 13.1. The minimum Gasteiger partial charge on any atom is -0.493 e. The highest BCUT2D eigenvalue weighted by atomic mass is 16.5. The third-order valence-electron chi connectivity index (χ3n) is 4.95. The van der Waals surface area contributed by atoms with Crippen LogP contribution >= 0.6 is 0 Å². The molecule has 0 bridgehead atoms. The smallest absolute Gasteiger partial charge is 0.271 e. The van der Waals surface area contributed by atoms with Crippen molar-refractivity contribution in [3.05, 3.63) is 40.5 Å². The summed E-state index contributed by atoms with van der Waals surface area (Å²) < 4.78 is 16.1. The van der Waals surface area contributed by atoms with Gasteiger partial charge in [-0.3, -0.25) is 14.5 Å². The van der Waals surface area contributed by atoms with E-state index in [4.69, 9.17) is 14.2 Å². The lowest BCUT2D eigenvalue weighted by molar-refractivity contribution is -0.142. The number of carbonyl (C=O) groups is 2. The van der Waals surface area contributed by atoms with E-state index < -0.39 is 11.8 Å². The zero-order valence-corrected chi connectivity index (χ0v) is 16.2. The lowest BCUT2D eigenvalue weighted by atomic mass is 9.93. The van der Waals surface area contributed by atoms with Crippen LogP contribution in [-0.2, 0) is 14.3 Å². The molecule has 28 heavy (non-hydrogen) atoms. The van der Waals surface area contributed by atoms with Crippen LogP contribution in [0.25, 0.3) is 6.08 Å². The Kier molecular flexibility index (Phi) is 5.81. The van der Waals surface area contributed by atoms with Crippen LogP contribution in [0.1, 0.15) is 25.3 Å². The molecule has 0 N–H and O–H groups in total. The van der Waals surface area contributed by atoms with Crippen molar-refractivity contribution >= 4 is 17.9 Å². The van der Waals surface area contributed by atoms with E-state index in [0.29, 0.717) is 34.8 Å². The molecule has 7 heteroatoms. The second-order valence-electron chi connectivity index (χ2n) is 6.64. The summed E-state index contributed by atoms with van der Waals surface area (Å²) in [5.74, 6) is 0.103. The molecular weight excluding hydrogens is 360 g/mol. The molecule has 1 aromatic rings. The second kappa shape index (κ2) is 8.28. The molecule has 2 aliphatic heterocycles. The predicted molar refractivity (Wildman–Crippen MR) is 102 cm³/mol. The number of methoxy groups -OCH3 is 2. The van der Waals surface area contributed by atoms with Gasteiger partial charge in [-0.25, -0.2) is 0 Å². The zero-order valence-electron chi connectivity index (χ0n) is 16.2. The lowest BCUT2D eigenvalue weighted by Gasteiger charge is -2.29. The Morgan fingerprint density at radius 2 is 2.00 bits per heavy atom. The molecule has 2 heterocycles. The number of amides is 2. The molecule has 1 fully saturated rings. The minimum atomic E-state index is -0.565. The van der Waals surface area contributed by atoms with E-state index in [1.165, 1.54) is 7.11 Å². The fourth-order valence-electron chi connectivity index (χ4n) is 3.40. The first-order chi connectivity index (χ1) is 13.5. The first-order valence-corrected chi connectivity index (χ1v) is 9.03. The van der Waals surface area contributed by atoms with Gasteiger partial charge in [0.05, 0.1) is 26.9 Å². The van der Waals surface area contributed by atoms with E-state index in [1.807, 2.05) is 6.07 Å². The van der Waals surface area contributed by atoms with Crippen molar-refractivity contribution in [1.29, 1.82) is 5.26 Å². The van der Waals surface area contributed by atoms with Crippen LogP contribution in [-0.4, -0.2) is 50.2 Å². The first-order valence-electron chi connectivity index (χ1n) is 9.03. The molecular formula is C21H22N2O5. The number of imide groups is 1. The Labute approximate surface area is 163 Å². The molecule has 7 nitrogen and oxygen atoms in total. The zero-order chi connectivity index (χ0) is 20.3. The van der Waals surface area contributed by atoms with Gasteiger partial charge in [-0.2, -0.15) is 5.26 Å². The summed E-state index contributed by atoms with van der Waals surface area (Å²) in [6.45, 7) is 2.39. The molecule has 1 unspecified atom stereocenters. The Hall–Kier alpha value is -3.11. The SMILES string of the molecule is COc1ccc(C=C2C(=O)N(CC3CCCO3)C(=O)C(C#N)=C2C)cc1OC.